The van der Waals surface area contributed by atoms with Crippen LogP contribution in [0.15, 0.2) is 9.42 Å². The summed E-state index contributed by atoms with van der Waals surface area (Å²) in [5.41, 5.74) is 0.339. The second kappa shape index (κ2) is 6.84. The average Bonchev–Trinajstić information content (AvgIpc) is 3.16. The minimum absolute atomic E-state index is 0.0971. The molecule has 8 heteroatoms. The van der Waals surface area contributed by atoms with Crippen LogP contribution in [0.2, 0.25) is 0 Å². The van der Waals surface area contributed by atoms with Crippen molar-refractivity contribution in [2.45, 2.75) is 75.8 Å². The van der Waals surface area contributed by atoms with E-state index in [0.717, 1.165) is 25.7 Å². The summed E-state index contributed by atoms with van der Waals surface area (Å²) < 4.78 is 32.3. The number of nitrogens with zero attached hydrogens (tertiary/aromatic N) is 2. The van der Waals surface area contributed by atoms with Crippen LogP contribution in [-0.2, 0) is 14.8 Å². The standard InChI is InChI=1S/C16H25N3O4S/c1-11-15(12(2)23-18-11)24(21,22)19-10-6-9-14(19)16(20)17-13-7-4-3-5-8-13/h13-14H,3-10H2,1-2H3,(H,17,20). The Labute approximate surface area is 142 Å². The molecule has 2 heterocycles. The van der Waals surface area contributed by atoms with Gasteiger partial charge in [-0.05, 0) is 39.5 Å². The molecule has 1 atom stereocenters. The number of amides is 1. The van der Waals surface area contributed by atoms with Crippen LogP contribution in [-0.4, -0.2) is 42.4 Å². The zero-order valence-electron chi connectivity index (χ0n) is 14.2. The van der Waals surface area contributed by atoms with Crippen molar-refractivity contribution in [3.63, 3.8) is 0 Å². The number of aryl methyl sites for hydroxylation is 2. The summed E-state index contributed by atoms with van der Waals surface area (Å²) in [6.07, 6.45) is 6.66. The fraction of sp³-hybridized carbons (Fsp3) is 0.750. The molecule has 1 saturated heterocycles. The fourth-order valence-electron chi connectivity index (χ4n) is 3.79. The minimum Gasteiger partial charge on any atom is -0.360 e. The van der Waals surface area contributed by atoms with E-state index < -0.39 is 16.1 Å². The molecule has 134 valence electrons. The van der Waals surface area contributed by atoms with Crippen LogP contribution in [0.4, 0.5) is 0 Å². The number of aromatic nitrogens is 1. The van der Waals surface area contributed by atoms with Gasteiger partial charge in [0.2, 0.25) is 15.9 Å². The molecule has 0 aromatic carbocycles. The van der Waals surface area contributed by atoms with Crippen molar-refractivity contribution in [3.8, 4) is 0 Å². The molecule has 1 aliphatic carbocycles. The summed E-state index contributed by atoms with van der Waals surface area (Å²) in [4.78, 5) is 12.8. The largest absolute Gasteiger partial charge is 0.360 e. The molecule has 1 aromatic heterocycles. The third kappa shape index (κ3) is 3.21. The molecule has 1 aliphatic heterocycles. The number of rotatable bonds is 4. The Morgan fingerprint density at radius 2 is 1.88 bits per heavy atom. The molecular formula is C16H25N3O4S. The topological polar surface area (TPSA) is 92.5 Å². The number of carbonyl (C=O) groups excluding carboxylic acids is 1. The summed E-state index contributed by atoms with van der Waals surface area (Å²) in [6.45, 7) is 3.55. The second-order valence-electron chi connectivity index (χ2n) is 6.77. The first kappa shape index (κ1) is 17.4. The van der Waals surface area contributed by atoms with Crippen molar-refractivity contribution in [2.75, 3.05) is 6.54 Å². The second-order valence-corrected chi connectivity index (χ2v) is 8.60. The van der Waals surface area contributed by atoms with E-state index in [2.05, 4.69) is 10.5 Å². The molecule has 0 spiro atoms. The zero-order valence-corrected chi connectivity index (χ0v) is 15.1. The lowest BCUT2D eigenvalue weighted by Gasteiger charge is -2.27. The van der Waals surface area contributed by atoms with Crippen molar-refractivity contribution < 1.29 is 17.7 Å². The van der Waals surface area contributed by atoms with Crippen LogP contribution in [0, 0.1) is 13.8 Å². The summed E-state index contributed by atoms with van der Waals surface area (Å²) >= 11 is 0. The van der Waals surface area contributed by atoms with Crippen LogP contribution in [0.5, 0.6) is 0 Å². The van der Waals surface area contributed by atoms with Crippen molar-refractivity contribution >= 4 is 15.9 Å². The lowest BCUT2D eigenvalue weighted by molar-refractivity contribution is -0.125. The van der Waals surface area contributed by atoms with Crippen molar-refractivity contribution in [1.82, 2.24) is 14.8 Å². The predicted molar refractivity (Wildman–Crippen MR) is 87.9 cm³/mol. The van der Waals surface area contributed by atoms with Gasteiger partial charge in [0.15, 0.2) is 5.76 Å². The van der Waals surface area contributed by atoms with Gasteiger partial charge in [0, 0.05) is 12.6 Å². The Morgan fingerprint density at radius 3 is 2.50 bits per heavy atom. The van der Waals surface area contributed by atoms with E-state index in [-0.39, 0.29) is 22.6 Å². The first-order valence-electron chi connectivity index (χ1n) is 8.66. The third-order valence-corrected chi connectivity index (χ3v) is 7.15. The molecule has 1 aromatic rings. The van der Waals surface area contributed by atoms with Crippen LogP contribution >= 0.6 is 0 Å². The van der Waals surface area contributed by atoms with E-state index >= 15 is 0 Å². The van der Waals surface area contributed by atoms with Crippen molar-refractivity contribution in [3.05, 3.63) is 11.5 Å². The van der Waals surface area contributed by atoms with Crippen LogP contribution < -0.4 is 5.32 Å². The molecular weight excluding hydrogens is 330 g/mol. The Morgan fingerprint density at radius 1 is 1.17 bits per heavy atom. The highest BCUT2D eigenvalue weighted by Gasteiger charge is 2.42. The van der Waals surface area contributed by atoms with Crippen molar-refractivity contribution in [2.24, 2.45) is 0 Å². The average molecular weight is 355 g/mol. The molecule has 2 fully saturated rings. The highest BCUT2D eigenvalue weighted by atomic mass is 32.2. The maximum Gasteiger partial charge on any atom is 0.249 e. The van der Waals surface area contributed by atoms with Gasteiger partial charge in [-0.2, -0.15) is 4.31 Å². The highest BCUT2D eigenvalue weighted by molar-refractivity contribution is 7.89. The van der Waals surface area contributed by atoms with E-state index in [1.807, 2.05) is 0 Å². The van der Waals surface area contributed by atoms with E-state index in [1.165, 1.54) is 10.7 Å². The molecule has 1 unspecified atom stereocenters. The van der Waals surface area contributed by atoms with Gasteiger partial charge in [-0.1, -0.05) is 24.4 Å². The van der Waals surface area contributed by atoms with Gasteiger partial charge in [-0.3, -0.25) is 4.79 Å². The van der Waals surface area contributed by atoms with E-state index in [1.54, 1.807) is 13.8 Å². The van der Waals surface area contributed by atoms with Crippen LogP contribution in [0.25, 0.3) is 0 Å². The summed E-state index contributed by atoms with van der Waals surface area (Å²) in [7, 11) is -3.78. The Bertz CT molecular complexity index is 687. The summed E-state index contributed by atoms with van der Waals surface area (Å²) in [6, 6.07) is -0.457. The van der Waals surface area contributed by atoms with Crippen LogP contribution in [0.1, 0.15) is 56.4 Å². The maximum atomic E-state index is 13.0. The summed E-state index contributed by atoms with van der Waals surface area (Å²) in [5.74, 6) is 0.0978. The normalized spacial score (nSPS) is 23.5. The van der Waals surface area contributed by atoms with E-state index in [9.17, 15) is 13.2 Å². The Hall–Kier alpha value is -1.41. The number of hydrogen-bond donors (Lipinski definition) is 1. The molecule has 1 N–H and O–H groups in total. The van der Waals surface area contributed by atoms with Gasteiger partial charge >= 0.3 is 0 Å². The summed E-state index contributed by atoms with van der Waals surface area (Å²) in [5, 5.41) is 6.79. The smallest absolute Gasteiger partial charge is 0.249 e. The molecule has 3 rings (SSSR count). The highest BCUT2D eigenvalue weighted by Crippen LogP contribution is 2.30. The number of sulfonamides is 1. The first-order valence-corrected chi connectivity index (χ1v) is 10.1. The van der Waals surface area contributed by atoms with Crippen LogP contribution in [0.3, 0.4) is 0 Å². The zero-order chi connectivity index (χ0) is 17.3. The van der Waals surface area contributed by atoms with E-state index in [0.29, 0.717) is 25.1 Å². The third-order valence-electron chi connectivity index (χ3n) is 4.99. The number of hydrogen-bond acceptors (Lipinski definition) is 5. The van der Waals surface area contributed by atoms with Gasteiger partial charge in [0.25, 0.3) is 0 Å². The van der Waals surface area contributed by atoms with E-state index in [4.69, 9.17) is 4.52 Å². The lowest BCUT2D eigenvalue weighted by atomic mass is 9.95. The molecule has 24 heavy (non-hydrogen) atoms. The van der Waals surface area contributed by atoms with Gasteiger partial charge in [0.1, 0.15) is 16.6 Å². The molecule has 1 amide bonds. The molecule has 0 bridgehead atoms. The first-order chi connectivity index (χ1) is 11.4. The van der Waals surface area contributed by atoms with Gasteiger partial charge in [-0.15, -0.1) is 0 Å². The van der Waals surface area contributed by atoms with Crippen molar-refractivity contribution in [1.29, 1.82) is 0 Å². The quantitative estimate of drug-likeness (QED) is 0.890. The van der Waals surface area contributed by atoms with Gasteiger partial charge < -0.3 is 9.84 Å². The minimum atomic E-state index is -3.78. The lowest BCUT2D eigenvalue weighted by Crippen LogP contribution is -2.49. The SMILES string of the molecule is Cc1noc(C)c1S(=O)(=O)N1CCCC1C(=O)NC1CCCCC1. The van der Waals surface area contributed by atoms with Gasteiger partial charge in [0.05, 0.1) is 0 Å². The van der Waals surface area contributed by atoms with Gasteiger partial charge in [-0.25, -0.2) is 8.42 Å². The Balaban J connectivity index is 1.78. The monoisotopic (exact) mass is 355 g/mol. The molecule has 1 saturated carbocycles. The molecule has 7 nitrogen and oxygen atoms in total. The number of carbonyl (C=O) groups is 1. The molecule has 2 aliphatic rings. The predicted octanol–water partition coefficient (Wildman–Crippen LogP) is 1.89. The molecule has 0 radical (unpaired) electrons. The fourth-order valence-corrected chi connectivity index (χ4v) is 5.75. The maximum absolute atomic E-state index is 13.0. The Kier molecular flexibility index (Phi) is 4.96. The number of nitrogens with one attached hydrogen (secondary N) is 1.